The van der Waals surface area contributed by atoms with E-state index in [1.807, 2.05) is 31.4 Å². The van der Waals surface area contributed by atoms with Crippen LogP contribution >= 0.6 is 30.3 Å². The Morgan fingerprint density at radius 2 is 1.77 bits per heavy atom. The van der Waals surface area contributed by atoms with Gasteiger partial charge in [0.05, 0.1) is 4.88 Å². The Labute approximate surface area is 314 Å². The number of hydrogen-bond donors (Lipinski definition) is 3. The zero-order valence-corrected chi connectivity index (χ0v) is 32.2. The summed E-state index contributed by atoms with van der Waals surface area (Å²) in [7, 11) is -2.52. The minimum atomic E-state index is -5.80. The number of nitrogens with one attached hydrogen (secondary N) is 1. The summed E-state index contributed by atoms with van der Waals surface area (Å²) in [6, 6.07) is 9.92. The third kappa shape index (κ3) is 8.68. The molecule has 1 fully saturated rings. The van der Waals surface area contributed by atoms with E-state index < -0.39 is 42.7 Å². The van der Waals surface area contributed by atoms with Crippen LogP contribution in [0, 0.1) is 5.92 Å². The Hall–Kier alpha value is -4.08. The van der Waals surface area contributed by atoms with Gasteiger partial charge in [0.25, 0.3) is 5.91 Å². The van der Waals surface area contributed by atoms with E-state index >= 15 is 0 Å². The Morgan fingerprint density at radius 3 is 2.38 bits per heavy atom. The second-order valence-corrected chi connectivity index (χ2v) is 16.7. The molecule has 0 saturated carbocycles. The first-order valence-corrected chi connectivity index (χ1v) is 20.5. The standard InChI is InChI=1S/C36H42F2N5O7PS2/c1-5-22(6-2)31(40-32(45)29-21-24-20-25(11-14-28(24)53-29)36(37,38)51(48,49)50)35(47)43-17-7-8-27(43)34(46)42(18-15-30(44)41(3)4)26-12-9-23(10-13-26)33-39-16-19-52-33/h9-14,16,19-22,27,31H,5-8,15,17-18H2,1-4H3,(H,40,45)(H2,48,49,50). The molecular weight excluding hydrogens is 748 g/mol. The molecule has 2 aromatic heterocycles. The Kier molecular flexibility index (Phi) is 12.5. The molecule has 4 amide bonds. The summed E-state index contributed by atoms with van der Waals surface area (Å²) in [6.07, 6.45) is 3.79. The van der Waals surface area contributed by atoms with E-state index in [-0.39, 0.29) is 47.5 Å². The van der Waals surface area contributed by atoms with Crippen molar-refractivity contribution in [2.45, 2.75) is 63.7 Å². The maximum Gasteiger partial charge on any atom is 0.399 e. The smallest absolute Gasteiger partial charge is 0.349 e. The molecular formula is C36H42F2N5O7PS2. The average Bonchev–Trinajstić information content (AvgIpc) is 3.92. The number of nitrogens with zero attached hydrogens (tertiary/aromatic N) is 4. The van der Waals surface area contributed by atoms with Crippen LogP contribution in [0.3, 0.4) is 0 Å². The van der Waals surface area contributed by atoms with Gasteiger partial charge in [-0.15, -0.1) is 22.7 Å². The van der Waals surface area contributed by atoms with Crippen molar-refractivity contribution in [3.63, 3.8) is 0 Å². The number of carbonyl (C=O) groups is 4. The van der Waals surface area contributed by atoms with Crippen molar-refractivity contribution in [2.24, 2.45) is 5.92 Å². The maximum atomic E-state index is 14.4. The third-order valence-electron chi connectivity index (χ3n) is 9.52. The summed E-state index contributed by atoms with van der Waals surface area (Å²) >= 11 is 2.47. The van der Waals surface area contributed by atoms with E-state index in [9.17, 15) is 42.3 Å². The molecule has 1 saturated heterocycles. The van der Waals surface area contributed by atoms with Gasteiger partial charge in [-0.3, -0.25) is 23.7 Å². The van der Waals surface area contributed by atoms with Crippen LogP contribution in [0.4, 0.5) is 14.5 Å². The molecule has 0 spiro atoms. The van der Waals surface area contributed by atoms with Crippen LogP contribution in [0.15, 0.2) is 60.1 Å². The lowest BCUT2D eigenvalue weighted by molar-refractivity contribution is -0.140. The molecule has 2 aromatic carbocycles. The first-order valence-electron chi connectivity index (χ1n) is 17.2. The van der Waals surface area contributed by atoms with Crippen molar-refractivity contribution >= 4 is 69.7 Å². The van der Waals surface area contributed by atoms with Crippen LogP contribution in [0.5, 0.6) is 0 Å². The molecule has 0 radical (unpaired) electrons. The molecule has 5 rings (SSSR count). The van der Waals surface area contributed by atoms with Gasteiger partial charge in [-0.25, -0.2) is 4.98 Å². The molecule has 1 aliphatic heterocycles. The van der Waals surface area contributed by atoms with E-state index in [4.69, 9.17) is 0 Å². The van der Waals surface area contributed by atoms with Gasteiger partial charge < -0.3 is 29.8 Å². The van der Waals surface area contributed by atoms with Crippen molar-refractivity contribution < 1.29 is 42.3 Å². The highest BCUT2D eigenvalue weighted by Gasteiger charge is 2.50. The van der Waals surface area contributed by atoms with Crippen molar-refractivity contribution in [1.29, 1.82) is 0 Å². The molecule has 0 aliphatic carbocycles. The van der Waals surface area contributed by atoms with E-state index in [0.29, 0.717) is 36.1 Å². The summed E-state index contributed by atoms with van der Waals surface area (Å²) in [5.41, 5.74) is -3.85. The van der Waals surface area contributed by atoms with Crippen LogP contribution in [0.1, 0.15) is 61.2 Å². The molecule has 0 bridgehead atoms. The first kappa shape index (κ1) is 40.1. The van der Waals surface area contributed by atoms with Crippen LogP contribution < -0.4 is 10.2 Å². The fourth-order valence-electron chi connectivity index (χ4n) is 6.46. The van der Waals surface area contributed by atoms with Crippen molar-refractivity contribution in [3.05, 3.63) is 70.5 Å². The van der Waals surface area contributed by atoms with Gasteiger partial charge in [0, 0.05) is 66.7 Å². The largest absolute Gasteiger partial charge is 0.399 e. The Morgan fingerprint density at radius 1 is 1.08 bits per heavy atom. The number of rotatable bonds is 14. The van der Waals surface area contributed by atoms with Crippen molar-refractivity contribution in [2.75, 3.05) is 32.1 Å². The Bertz CT molecular complexity index is 2000. The van der Waals surface area contributed by atoms with Gasteiger partial charge in [-0.2, -0.15) is 8.78 Å². The molecule has 2 unspecified atom stereocenters. The predicted molar refractivity (Wildman–Crippen MR) is 201 cm³/mol. The summed E-state index contributed by atoms with van der Waals surface area (Å²) in [6.45, 7) is 4.17. The van der Waals surface area contributed by atoms with Crippen LogP contribution in [0.2, 0.25) is 0 Å². The van der Waals surface area contributed by atoms with Gasteiger partial charge in [-0.1, -0.05) is 32.8 Å². The van der Waals surface area contributed by atoms with E-state index in [1.54, 1.807) is 32.4 Å². The van der Waals surface area contributed by atoms with Gasteiger partial charge in [-0.05, 0) is 66.6 Å². The molecule has 2 atom stereocenters. The van der Waals surface area contributed by atoms with E-state index in [1.165, 1.54) is 38.2 Å². The number of anilines is 1. The number of fused-ring (bicyclic) bond motifs is 1. The monoisotopic (exact) mass is 789 g/mol. The fraction of sp³-hybridized carbons (Fsp3) is 0.417. The molecule has 3 heterocycles. The minimum absolute atomic E-state index is 0.0632. The topological polar surface area (TPSA) is 160 Å². The van der Waals surface area contributed by atoms with Gasteiger partial charge in [0.1, 0.15) is 17.1 Å². The predicted octanol–water partition coefficient (Wildman–Crippen LogP) is 6.29. The third-order valence-corrected chi connectivity index (χ3v) is 12.4. The second-order valence-electron chi connectivity index (χ2n) is 13.1. The highest BCUT2D eigenvalue weighted by molar-refractivity contribution is 7.52. The number of benzene rings is 2. The lowest BCUT2D eigenvalue weighted by atomic mass is 9.92. The van der Waals surface area contributed by atoms with Crippen molar-refractivity contribution in [1.82, 2.24) is 20.1 Å². The molecule has 12 nitrogen and oxygen atoms in total. The quantitative estimate of drug-likeness (QED) is 0.126. The van der Waals surface area contributed by atoms with Gasteiger partial charge >= 0.3 is 13.3 Å². The second kappa shape index (κ2) is 16.5. The summed E-state index contributed by atoms with van der Waals surface area (Å²) < 4.78 is 40.7. The molecule has 284 valence electrons. The summed E-state index contributed by atoms with van der Waals surface area (Å²) in [5, 5.41) is 5.74. The van der Waals surface area contributed by atoms with Crippen LogP contribution in [0.25, 0.3) is 20.7 Å². The first-order chi connectivity index (χ1) is 25.1. The van der Waals surface area contributed by atoms with Crippen LogP contribution in [-0.4, -0.2) is 87.5 Å². The molecule has 17 heteroatoms. The van der Waals surface area contributed by atoms with E-state index in [0.717, 1.165) is 34.0 Å². The molecule has 53 heavy (non-hydrogen) atoms. The lowest BCUT2D eigenvalue weighted by Crippen LogP contribution is -2.56. The summed E-state index contributed by atoms with van der Waals surface area (Å²) in [5.74, 6) is -1.84. The highest BCUT2D eigenvalue weighted by atomic mass is 32.1. The maximum absolute atomic E-state index is 14.4. The molecule has 3 N–H and O–H groups in total. The number of carbonyl (C=O) groups excluding carboxylic acids is 4. The number of amides is 4. The van der Waals surface area contributed by atoms with Crippen LogP contribution in [-0.2, 0) is 24.6 Å². The number of halogens is 2. The SMILES string of the molecule is CCC(CC)C(NC(=O)c1cc2cc(C(F)(F)P(=O)(O)O)ccc2s1)C(=O)N1CCCC1C(=O)N(CCC(=O)N(C)C)c1ccc(-c2nccs2)cc1. The number of likely N-dealkylation sites (tertiary alicyclic amines) is 1. The summed E-state index contributed by atoms with van der Waals surface area (Å²) in [4.78, 5) is 82.5. The van der Waals surface area contributed by atoms with Crippen molar-refractivity contribution in [3.8, 4) is 10.6 Å². The minimum Gasteiger partial charge on any atom is -0.349 e. The normalized spacial score (nSPS) is 15.5. The number of alkyl halides is 2. The number of aromatic nitrogens is 1. The number of hydrogen-bond acceptors (Lipinski definition) is 8. The fourth-order valence-corrected chi connectivity index (χ4v) is 8.52. The average molecular weight is 790 g/mol. The van der Waals surface area contributed by atoms with Gasteiger partial charge in [0.15, 0.2) is 0 Å². The zero-order chi connectivity index (χ0) is 38.7. The number of thiazole rings is 1. The number of thiophene rings is 1. The van der Waals surface area contributed by atoms with E-state index in [2.05, 4.69) is 10.3 Å². The highest BCUT2D eigenvalue weighted by Crippen LogP contribution is 2.59. The Balaban J connectivity index is 1.40. The zero-order valence-electron chi connectivity index (χ0n) is 29.7. The lowest BCUT2D eigenvalue weighted by Gasteiger charge is -2.34. The van der Waals surface area contributed by atoms with Gasteiger partial charge in [0.2, 0.25) is 17.7 Å². The molecule has 4 aromatic rings. The molecule has 1 aliphatic rings.